The Bertz CT molecular complexity index is 1730. The Morgan fingerprint density at radius 2 is 1.72 bits per heavy atom. The summed E-state index contributed by atoms with van der Waals surface area (Å²) in [4.78, 5) is 28.1. The van der Waals surface area contributed by atoms with Gasteiger partial charge in [0.05, 0.1) is 22.6 Å². The highest BCUT2D eigenvalue weighted by Gasteiger charge is 2.27. The second-order valence-corrected chi connectivity index (χ2v) is 11.2. The maximum absolute atomic E-state index is 13.9. The van der Waals surface area contributed by atoms with Crippen molar-refractivity contribution in [3.05, 3.63) is 98.8 Å². The number of rotatable bonds is 8. The summed E-state index contributed by atoms with van der Waals surface area (Å²) in [5, 5.41) is 0.812. The zero-order valence-corrected chi connectivity index (χ0v) is 22.6. The van der Waals surface area contributed by atoms with Crippen LogP contribution in [0.2, 0.25) is 0 Å². The van der Waals surface area contributed by atoms with Crippen molar-refractivity contribution in [2.24, 2.45) is 0 Å². The van der Waals surface area contributed by atoms with E-state index >= 15 is 0 Å². The van der Waals surface area contributed by atoms with Gasteiger partial charge >= 0.3 is 5.97 Å². The van der Waals surface area contributed by atoms with E-state index in [0.29, 0.717) is 22.6 Å². The first kappa shape index (κ1) is 26.5. The Hall–Kier alpha value is -4.15. The summed E-state index contributed by atoms with van der Waals surface area (Å²) in [5.41, 5.74) is 3.58. The van der Waals surface area contributed by atoms with Gasteiger partial charge in [0.2, 0.25) is 16.8 Å². The number of aryl methyl sites for hydroxylation is 2. The third kappa shape index (κ3) is 5.25. The van der Waals surface area contributed by atoms with Crippen molar-refractivity contribution in [2.75, 3.05) is 13.4 Å². The van der Waals surface area contributed by atoms with Crippen LogP contribution in [0.1, 0.15) is 39.5 Å². The lowest BCUT2D eigenvalue weighted by atomic mass is 10.0. The minimum absolute atomic E-state index is 0.0139. The van der Waals surface area contributed by atoms with Crippen LogP contribution in [0.3, 0.4) is 0 Å². The normalized spacial score (nSPS) is 12.7. The van der Waals surface area contributed by atoms with E-state index in [0.717, 1.165) is 22.0 Å². The zero-order chi connectivity index (χ0) is 27.7. The lowest BCUT2D eigenvalue weighted by Crippen LogP contribution is -2.32. The van der Waals surface area contributed by atoms with Crippen molar-refractivity contribution in [3.63, 3.8) is 0 Å². The summed E-state index contributed by atoms with van der Waals surface area (Å²) >= 11 is 0. The molecule has 0 unspecified atom stereocenters. The fraction of sp³-hybridized carbons (Fsp3) is 0.241. The molecule has 0 spiro atoms. The topological polar surface area (TPSA) is 115 Å². The summed E-state index contributed by atoms with van der Waals surface area (Å²) < 4.78 is 44.9. The van der Waals surface area contributed by atoms with E-state index in [1.807, 2.05) is 26.0 Å². The van der Waals surface area contributed by atoms with E-state index in [2.05, 4.69) is 4.98 Å². The molecule has 1 aliphatic heterocycles. The quantitative estimate of drug-likeness (QED) is 0.324. The molecule has 0 amide bonds. The number of nitrogens with zero attached hydrogens (tertiary/aromatic N) is 1. The number of sulfonamides is 1. The molecule has 0 aliphatic carbocycles. The monoisotopic (exact) mass is 548 g/mol. The molecular weight excluding hydrogens is 520 g/mol. The van der Waals surface area contributed by atoms with Gasteiger partial charge in [-0.2, -0.15) is 4.31 Å². The highest BCUT2D eigenvalue weighted by atomic mass is 32.2. The Labute approximate surface area is 226 Å². The van der Waals surface area contributed by atoms with E-state index in [1.54, 1.807) is 31.2 Å². The van der Waals surface area contributed by atoms with Gasteiger partial charge in [-0.3, -0.25) is 4.79 Å². The Morgan fingerprint density at radius 3 is 2.46 bits per heavy atom. The molecule has 0 saturated heterocycles. The second-order valence-electron chi connectivity index (χ2n) is 9.30. The van der Waals surface area contributed by atoms with Crippen LogP contribution in [0.25, 0.3) is 10.9 Å². The van der Waals surface area contributed by atoms with Gasteiger partial charge in [-0.25, -0.2) is 13.2 Å². The molecule has 0 radical (unpaired) electrons. The van der Waals surface area contributed by atoms with Gasteiger partial charge in [-0.15, -0.1) is 0 Å². The van der Waals surface area contributed by atoms with Crippen molar-refractivity contribution in [3.8, 4) is 11.5 Å². The van der Waals surface area contributed by atoms with Crippen LogP contribution in [0.5, 0.6) is 11.5 Å². The maximum atomic E-state index is 13.9. The minimum atomic E-state index is -4.09. The second kappa shape index (κ2) is 10.5. The number of fused-ring (bicyclic) bond motifs is 2. The molecule has 3 aromatic carbocycles. The third-order valence-corrected chi connectivity index (χ3v) is 8.58. The number of nitrogens with one attached hydrogen (secondary N) is 1. The summed E-state index contributed by atoms with van der Waals surface area (Å²) in [5.74, 6) is 0.573. The van der Waals surface area contributed by atoms with Gasteiger partial charge in [0.1, 0.15) is 0 Å². The number of carbonyl (C=O) groups is 1. The molecule has 1 aromatic heterocycles. The van der Waals surface area contributed by atoms with Crippen molar-refractivity contribution in [1.29, 1.82) is 0 Å². The minimum Gasteiger partial charge on any atom is -0.462 e. The van der Waals surface area contributed by atoms with Crippen LogP contribution < -0.4 is 15.0 Å². The molecular formula is C29H28N2O7S. The predicted molar refractivity (Wildman–Crippen MR) is 145 cm³/mol. The predicted octanol–water partition coefficient (Wildman–Crippen LogP) is 4.44. The molecule has 202 valence electrons. The molecule has 0 saturated carbocycles. The zero-order valence-electron chi connectivity index (χ0n) is 21.8. The highest BCUT2D eigenvalue weighted by molar-refractivity contribution is 7.89. The highest BCUT2D eigenvalue weighted by Crippen LogP contribution is 2.33. The van der Waals surface area contributed by atoms with Gasteiger partial charge in [0.15, 0.2) is 11.5 Å². The first-order valence-electron chi connectivity index (χ1n) is 12.5. The molecule has 0 atom stereocenters. The molecule has 5 rings (SSSR count). The van der Waals surface area contributed by atoms with E-state index in [9.17, 15) is 18.0 Å². The lowest BCUT2D eigenvalue weighted by molar-refractivity contribution is 0.0526. The molecule has 39 heavy (non-hydrogen) atoms. The molecule has 10 heteroatoms. The number of aromatic nitrogens is 1. The average Bonchev–Trinajstić information content (AvgIpc) is 3.39. The largest absolute Gasteiger partial charge is 0.462 e. The van der Waals surface area contributed by atoms with E-state index in [-0.39, 0.29) is 42.5 Å². The number of H-pyrrole nitrogens is 1. The van der Waals surface area contributed by atoms with Gasteiger partial charge in [0, 0.05) is 18.7 Å². The standard InChI is InChI=1S/C29H28N2O7S/c1-4-36-29(33)21-8-10-24(11-9-21)39(34,35)31(15-20-6-12-25-26(13-20)38-17-37-25)16-23-14-22-7-5-18(2)19(3)27(22)30-28(23)32/h5-14H,4,15-17H2,1-3H3,(H,30,32). The van der Waals surface area contributed by atoms with Gasteiger partial charge in [0.25, 0.3) is 5.56 Å². The number of ether oxygens (including phenoxy) is 3. The number of carbonyl (C=O) groups excluding carboxylic acids is 1. The van der Waals surface area contributed by atoms with Crippen LogP contribution >= 0.6 is 0 Å². The number of hydrogen-bond donors (Lipinski definition) is 1. The van der Waals surface area contributed by atoms with E-state index in [1.165, 1.54) is 28.6 Å². The van der Waals surface area contributed by atoms with Gasteiger partial charge in [-0.1, -0.05) is 18.2 Å². The fourth-order valence-electron chi connectivity index (χ4n) is 4.47. The molecule has 0 bridgehead atoms. The van der Waals surface area contributed by atoms with Crippen LogP contribution in [0.4, 0.5) is 0 Å². The Morgan fingerprint density at radius 1 is 0.974 bits per heavy atom. The molecule has 4 aromatic rings. The molecule has 0 fully saturated rings. The van der Waals surface area contributed by atoms with Gasteiger partial charge in [-0.05, 0) is 85.3 Å². The van der Waals surface area contributed by atoms with Crippen LogP contribution in [0, 0.1) is 13.8 Å². The van der Waals surface area contributed by atoms with Crippen molar-refractivity contribution >= 4 is 26.9 Å². The maximum Gasteiger partial charge on any atom is 0.338 e. The number of esters is 1. The lowest BCUT2D eigenvalue weighted by Gasteiger charge is -2.23. The number of pyridine rings is 1. The van der Waals surface area contributed by atoms with Crippen molar-refractivity contribution < 1.29 is 27.4 Å². The van der Waals surface area contributed by atoms with Crippen LogP contribution in [-0.4, -0.2) is 37.1 Å². The SMILES string of the molecule is CCOC(=O)c1ccc(S(=O)(=O)N(Cc2ccc3c(c2)OCO3)Cc2cc3ccc(C)c(C)c3[nH]c2=O)cc1. The third-order valence-electron chi connectivity index (χ3n) is 6.77. The first-order chi connectivity index (χ1) is 18.7. The summed E-state index contributed by atoms with van der Waals surface area (Å²) in [6.07, 6.45) is 0. The summed E-state index contributed by atoms with van der Waals surface area (Å²) in [6.45, 7) is 5.71. The van der Waals surface area contributed by atoms with Crippen molar-refractivity contribution in [1.82, 2.24) is 9.29 Å². The average molecular weight is 549 g/mol. The Kier molecular flexibility index (Phi) is 7.16. The Balaban J connectivity index is 1.54. The fourth-order valence-corrected chi connectivity index (χ4v) is 5.88. The van der Waals surface area contributed by atoms with Crippen LogP contribution in [-0.2, 0) is 27.8 Å². The molecule has 1 aliphatic rings. The van der Waals surface area contributed by atoms with Gasteiger partial charge < -0.3 is 19.2 Å². The molecule has 1 N–H and O–H groups in total. The number of aromatic amines is 1. The molecule has 9 nitrogen and oxygen atoms in total. The summed E-state index contributed by atoms with van der Waals surface area (Å²) in [6, 6.07) is 16.4. The first-order valence-corrected chi connectivity index (χ1v) is 13.9. The van der Waals surface area contributed by atoms with E-state index in [4.69, 9.17) is 14.2 Å². The number of hydrogen-bond acceptors (Lipinski definition) is 7. The molecule has 2 heterocycles. The summed E-state index contributed by atoms with van der Waals surface area (Å²) in [7, 11) is -4.09. The number of benzene rings is 3. The van der Waals surface area contributed by atoms with Crippen LogP contribution in [0.15, 0.2) is 70.4 Å². The van der Waals surface area contributed by atoms with E-state index < -0.39 is 16.0 Å². The van der Waals surface area contributed by atoms with Crippen molar-refractivity contribution in [2.45, 2.75) is 38.8 Å². The smallest absolute Gasteiger partial charge is 0.338 e.